The molecule has 0 unspecified atom stereocenters. The van der Waals surface area contributed by atoms with E-state index in [1.54, 1.807) is 0 Å². The predicted octanol–water partition coefficient (Wildman–Crippen LogP) is 12.7. The molecule has 0 bridgehead atoms. The molecule has 0 N–H and O–H groups in total. The molecule has 2 heterocycles. The summed E-state index contributed by atoms with van der Waals surface area (Å²) in [5.74, 6) is 4.68. The highest BCUT2D eigenvalue weighted by Crippen LogP contribution is 2.55. The van der Waals surface area contributed by atoms with Crippen molar-refractivity contribution >= 4 is 0 Å². The van der Waals surface area contributed by atoms with Crippen LogP contribution in [0.2, 0.25) is 0 Å². The monoisotopic (exact) mass is 697 g/mol. The third-order valence-electron chi connectivity index (χ3n) is 10.8. The summed E-state index contributed by atoms with van der Waals surface area (Å²) < 4.78 is 13.1. The van der Waals surface area contributed by atoms with E-state index >= 15 is 0 Å². The zero-order chi connectivity index (χ0) is 36.4. The lowest BCUT2D eigenvalue weighted by atomic mass is 9.82. The number of aryl methyl sites for hydroxylation is 1. The summed E-state index contributed by atoms with van der Waals surface area (Å²) in [6.07, 6.45) is 0. The van der Waals surface area contributed by atoms with E-state index in [4.69, 9.17) is 24.4 Å². The molecule has 1 aliphatic heterocycles. The molecule has 10 rings (SSSR count). The largest absolute Gasteiger partial charge is 0.449 e. The van der Waals surface area contributed by atoms with Crippen molar-refractivity contribution in [1.82, 2.24) is 15.0 Å². The van der Waals surface area contributed by atoms with Crippen LogP contribution < -0.4 is 9.47 Å². The summed E-state index contributed by atoms with van der Waals surface area (Å²) >= 11 is 0. The molecule has 1 aliphatic carbocycles. The lowest BCUT2D eigenvalue weighted by Crippen LogP contribution is -2.15. The maximum absolute atomic E-state index is 6.59. The zero-order valence-electron chi connectivity index (χ0n) is 30.2. The third-order valence-corrected chi connectivity index (χ3v) is 10.8. The van der Waals surface area contributed by atoms with Gasteiger partial charge in [-0.2, -0.15) is 0 Å². The van der Waals surface area contributed by atoms with Crippen LogP contribution in [0, 0.1) is 6.92 Å². The zero-order valence-corrected chi connectivity index (χ0v) is 30.2. The molecule has 0 atom stereocenters. The van der Waals surface area contributed by atoms with Gasteiger partial charge in [0.05, 0.1) is 0 Å². The SMILES string of the molecule is Cc1ccccc1-c1ccc(-c2nc(-c3ccccc3)nc(-c3cccc(-c4ccc5c(c4)Oc4cc6c(cc4O5)-c4ccccc4C6(C)C)c3)n2)cc1. The molecule has 0 amide bonds. The minimum atomic E-state index is -0.132. The van der Waals surface area contributed by atoms with Crippen LogP contribution in [0.4, 0.5) is 0 Å². The molecule has 258 valence electrons. The standard InChI is InChI=1S/C49H35N3O2/c1-30-12-7-8-17-37(30)31-20-22-33(23-21-31)47-50-46(32-13-5-4-6-14-32)51-48(52-47)36-16-11-15-34(26-36)35-24-25-42-43(27-35)54-45-29-41-39(28-44(45)53-42)38-18-9-10-19-40(38)49(41,2)3/h4-29H,1-3H3. The summed E-state index contributed by atoms with van der Waals surface area (Å²) in [6.45, 7) is 6.68. The fourth-order valence-corrected chi connectivity index (χ4v) is 7.84. The molecule has 5 nitrogen and oxygen atoms in total. The molecule has 54 heavy (non-hydrogen) atoms. The molecule has 0 spiro atoms. The highest BCUT2D eigenvalue weighted by Gasteiger charge is 2.37. The van der Waals surface area contributed by atoms with E-state index in [0.29, 0.717) is 29.0 Å². The van der Waals surface area contributed by atoms with Gasteiger partial charge in [0.2, 0.25) is 0 Å². The van der Waals surface area contributed by atoms with Gasteiger partial charge < -0.3 is 9.47 Å². The first-order valence-electron chi connectivity index (χ1n) is 18.3. The van der Waals surface area contributed by atoms with Gasteiger partial charge in [-0.15, -0.1) is 0 Å². The molecule has 5 heteroatoms. The van der Waals surface area contributed by atoms with Gasteiger partial charge >= 0.3 is 0 Å². The second kappa shape index (κ2) is 12.4. The molecule has 0 saturated carbocycles. The van der Waals surface area contributed by atoms with Gasteiger partial charge in [0.25, 0.3) is 0 Å². The fourth-order valence-electron chi connectivity index (χ4n) is 7.84. The molecular formula is C49H35N3O2. The quantitative estimate of drug-likeness (QED) is 0.179. The summed E-state index contributed by atoms with van der Waals surface area (Å²) in [5, 5.41) is 0. The smallest absolute Gasteiger partial charge is 0.170 e. The van der Waals surface area contributed by atoms with Crippen molar-refractivity contribution in [3.8, 4) is 90.5 Å². The van der Waals surface area contributed by atoms with E-state index in [1.807, 2.05) is 48.5 Å². The average molecular weight is 698 g/mol. The Morgan fingerprint density at radius 3 is 1.69 bits per heavy atom. The van der Waals surface area contributed by atoms with Crippen LogP contribution in [-0.2, 0) is 5.41 Å². The molecule has 0 saturated heterocycles. The van der Waals surface area contributed by atoms with Crippen molar-refractivity contribution in [2.24, 2.45) is 0 Å². The van der Waals surface area contributed by atoms with Crippen LogP contribution >= 0.6 is 0 Å². The third kappa shape index (κ3) is 5.36. The number of hydrogen-bond donors (Lipinski definition) is 0. The first kappa shape index (κ1) is 31.9. The van der Waals surface area contributed by atoms with Crippen LogP contribution in [0.15, 0.2) is 158 Å². The summed E-state index contributed by atoms with van der Waals surface area (Å²) in [5.41, 5.74) is 13.2. The lowest BCUT2D eigenvalue weighted by Gasteiger charge is -2.25. The Hall–Kier alpha value is -6.85. The lowest BCUT2D eigenvalue weighted by molar-refractivity contribution is 0.359. The van der Waals surface area contributed by atoms with Crippen molar-refractivity contribution in [2.45, 2.75) is 26.2 Å². The number of aromatic nitrogens is 3. The Balaban J connectivity index is 0.996. The van der Waals surface area contributed by atoms with Gasteiger partial charge in [-0.1, -0.05) is 141 Å². The first-order valence-corrected chi connectivity index (χ1v) is 18.3. The van der Waals surface area contributed by atoms with E-state index in [0.717, 1.165) is 44.9 Å². The van der Waals surface area contributed by atoms with E-state index in [-0.39, 0.29) is 5.41 Å². The number of nitrogens with zero attached hydrogens (tertiary/aromatic N) is 3. The maximum Gasteiger partial charge on any atom is 0.170 e. The van der Waals surface area contributed by atoms with E-state index in [9.17, 15) is 0 Å². The number of ether oxygens (including phenoxy) is 2. The van der Waals surface area contributed by atoms with Gasteiger partial charge in [0, 0.05) is 22.1 Å². The van der Waals surface area contributed by atoms with Gasteiger partial charge in [-0.3, -0.25) is 0 Å². The number of benzene rings is 7. The topological polar surface area (TPSA) is 57.1 Å². The van der Waals surface area contributed by atoms with Crippen LogP contribution in [0.3, 0.4) is 0 Å². The van der Waals surface area contributed by atoms with Gasteiger partial charge in [-0.05, 0) is 87.3 Å². The second-order valence-electron chi connectivity index (χ2n) is 14.5. The van der Waals surface area contributed by atoms with Gasteiger partial charge in [0.1, 0.15) is 0 Å². The summed E-state index contributed by atoms with van der Waals surface area (Å²) in [7, 11) is 0. The molecule has 0 fully saturated rings. The fraction of sp³-hybridized carbons (Fsp3) is 0.0816. The van der Waals surface area contributed by atoms with Crippen LogP contribution in [0.5, 0.6) is 23.0 Å². The molecule has 8 aromatic rings. The average Bonchev–Trinajstić information content (AvgIpc) is 3.44. The second-order valence-corrected chi connectivity index (χ2v) is 14.5. The molecule has 0 radical (unpaired) electrons. The number of fused-ring (bicyclic) bond motifs is 5. The van der Waals surface area contributed by atoms with Crippen LogP contribution in [0.25, 0.3) is 67.5 Å². The highest BCUT2D eigenvalue weighted by atomic mass is 16.6. The maximum atomic E-state index is 6.59. The Bertz CT molecular complexity index is 2750. The van der Waals surface area contributed by atoms with Gasteiger partial charge in [-0.25, -0.2) is 15.0 Å². The Morgan fingerprint density at radius 1 is 0.370 bits per heavy atom. The molecule has 2 aliphatic rings. The Kier molecular flexibility index (Phi) is 7.31. The molecule has 1 aromatic heterocycles. The number of rotatable bonds is 5. The van der Waals surface area contributed by atoms with E-state index < -0.39 is 0 Å². The highest BCUT2D eigenvalue weighted by molar-refractivity contribution is 5.84. The first-order chi connectivity index (χ1) is 26.4. The van der Waals surface area contributed by atoms with Gasteiger partial charge in [0.15, 0.2) is 40.5 Å². The van der Waals surface area contributed by atoms with E-state index in [2.05, 4.69) is 130 Å². The van der Waals surface area contributed by atoms with Crippen LogP contribution in [-0.4, -0.2) is 15.0 Å². The van der Waals surface area contributed by atoms with Crippen molar-refractivity contribution in [1.29, 1.82) is 0 Å². The Morgan fingerprint density at radius 2 is 0.907 bits per heavy atom. The minimum absolute atomic E-state index is 0.132. The van der Waals surface area contributed by atoms with Crippen LogP contribution in [0.1, 0.15) is 30.5 Å². The van der Waals surface area contributed by atoms with Crippen molar-refractivity contribution in [3.63, 3.8) is 0 Å². The summed E-state index contributed by atoms with van der Waals surface area (Å²) in [6, 6.07) is 54.3. The van der Waals surface area contributed by atoms with E-state index in [1.165, 1.54) is 33.4 Å². The van der Waals surface area contributed by atoms with Crippen molar-refractivity contribution in [3.05, 3.63) is 174 Å². The molecular weight excluding hydrogens is 663 g/mol. The van der Waals surface area contributed by atoms with Crippen molar-refractivity contribution < 1.29 is 9.47 Å². The molecule has 7 aromatic carbocycles. The summed E-state index contributed by atoms with van der Waals surface area (Å²) in [4.78, 5) is 15.0. The number of hydrogen-bond acceptors (Lipinski definition) is 5. The minimum Gasteiger partial charge on any atom is -0.449 e. The van der Waals surface area contributed by atoms with Crippen molar-refractivity contribution in [2.75, 3.05) is 0 Å². The Labute approximate surface area is 314 Å². The predicted molar refractivity (Wildman–Crippen MR) is 216 cm³/mol. The normalized spacial score (nSPS) is 13.2.